The van der Waals surface area contributed by atoms with Crippen molar-refractivity contribution in [2.75, 3.05) is 7.11 Å². The molecule has 0 radical (unpaired) electrons. The average Bonchev–Trinajstić information content (AvgIpc) is 2.42. The quantitative estimate of drug-likeness (QED) is 0.510. The first kappa shape index (κ1) is 16.9. The Kier molecular flexibility index (Phi) is 5.66. The Hall–Kier alpha value is -2.15. The molecular formula is C13H15ClN2O5. The summed E-state index contributed by atoms with van der Waals surface area (Å²) in [4.78, 5) is 33.7. The molecule has 0 heterocycles. The number of methoxy groups -OCH3 is 1. The molecule has 8 heteroatoms. The molecule has 1 amide bonds. The van der Waals surface area contributed by atoms with Gasteiger partial charge in [0.1, 0.15) is 6.04 Å². The topological polar surface area (TPSA) is 98.5 Å². The molecule has 21 heavy (non-hydrogen) atoms. The highest BCUT2D eigenvalue weighted by Gasteiger charge is 2.26. The van der Waals surface area contributed by atoms with E-state index in [0.29, 0.717) is 0 Å². The van der Waals surface area contributed by atoms with Crippen molar-refractivity contribution in [1.29, 1.82) is 0 Å². The molecule has 0 aromatic heterocycles. The molecule has 1 N–H and O–H groups in total. The molecule has 0 aliphatic heterocycles. The molecule has 0 aliphatic carbocycles. The van der Waals surface area contributed by atoms with Crippen molar-refractivity contribution in [3.8, 4) is 0 Å². The second-order valence-corrected chi connectivity index (χ2v) is 5.05. The first-order valence-corrected chi connectivity index (χ1v) is 6.48. The van der Waals surface area contributed by atoms with Crippen molar-refractivity contribution in [3.63, 3.8) is 0 Å². The third kappa shape index (κ3) is 4.16. The Morgan fingerprint density at radius 2 is 2.00 bits per heavy atom. The lowest BCUT2D eigenvalue weighted by Gasteiger charge is -2.20. The van der Waals surface area contributed by atoms with Crippen LogP contribution in [0.5, 0.6) is 0 Å². The van der Waals surface area contributed by atoms with Gasteiger partial charge in [-0.05, 0) is 12.0 Å². The van der Waals surface area contributed by atoms with Gasteiger partial charge in [-0.1, -0.05) is 25.4 Å². The van der Waals surface area contributed by atoms with Gasteiger partial charge >= 0.3 is 5.97 Å². The summed E-state index contributed by atoms with van der Waals surface area (Å²) in [7, 11) is 1.22. The van der Waals surface area contributed by atoms with Crippen molar-refractivity contribution in [2.24, 2.45) is 5.92 Å². The largest absolute Gasteiger partial charge is 0.467 e. The van der Waals surface area contributed by atoms with Crippen molar-refractivity contribution in [3.05, 3.63) is 38.9 Å². The Morgan fingerprint density at radius 3 is 2.43 bits per heavy atom. The van der Waals surface area contributed by atoms with Gasteiger partial charge in [0, 0.05) is 12.1 Å². The fourth-order valence-corrected chi connectivity index (χ4v) is 1.91. The maximum absolute atomic E-state index is 12.1. The van der Waals surface area contributed by atoms with Gasteiger partial charge in [-0.2, -0.15) is 0 Å². The minimum atomic E-state index is -0.825. The summed E-state index contributed by atoms with van der Waals surface area (Å²) in [6.45, 7) is 3.50. The van der Waals surface area contributed by atoms with E-state index in [4.69, 9.17) is 11.6 Å². The highest BCUT2D eigenvalue weighted by Crippen LogP contribution is 2.22. The Labute approximate surface area is 126 Å². The number of hydrogen-bond acceptors (Lipinski definition) is 5. The summed E-state index contributed by atoms with van der Waals surface area (Å²) in [6.07, 6.45) is 0. The molecule has 0 fully saturated rings. The molecular weight excluding hydrogens is 300 g/mol. The van der Waals surface area contributed by atoms with Crippen LogP contribution in [-0.2, 0) is 9.53 Å². The lowest BCUT2D eigenvalue weighted by Crippen LogP contribution is -2.45. The smallest absolute Gasteiger partial charge is 0.328 e. The number of halogens is 1. The standard InChI is InChI=1S/C13H15ClN2O5/c1-7(2)11(13(18)21-3)15-12(17)9-5-4-8(16(19)20)6-10(9)14/h4-7,11H,1-3H3,(H,15,17)/t11-/m0/s1. The zero-order chi connectivity index (χ0) is 16.2. The minimum Gasteiger partial charge on any atom is -0.467 e. The van der Waals surface area contributed by atoms with E-state index >= 15 is 0 Å². The van der Waals surface area contributed by atoms with Crippen LogP contribution in [0.25, 0.3) is 0 Å². The van der Waals surface area contributed by atoms with Gasteiger partial charge in [-0.25, -0.2) is 4.79 Å². The third-order valence-electron chi connectivity index (χ3n) is 2.82. The molecule has 114 valence electrons. The van der Waals surface area contributed by atoms with Gasteiger partial charge in [0.15, 0.2) is 0 Å². The summed E-state index contributed by atoms with van der Waals surface area (Å²) in [6, 6.07) is 2.67. The maximum atomic E-state index is 12.1. The van der Waals surface area contributed by atoms with Gasteiger partial charge in [-0.3, -0.25) is 14.9 Å². The normalized spacial score (nSPS) is 11.9. The second-order valence-electron chi connectivity index (χ2n) is 4.64. The number of hydrogen-bond donors (Lipinski definition) is 1. The summed E-state index contributed by atoms with van der Waals surface area (Å²) in [5.41, 5.74) is -0.165. The van der Waals surface area contributed by atoms with Crippen LogP contribution in [0.4, 0.5) is 5.69 Å². The van der Waals surface area contributed by atoms with Crippen molar-refractivity contribution in [1.82, 2.24) is 5.32 Å². The number of carbonyl (C=O) groups excluding carboxylic acids is 2. The van der Waals surface area contributed by atoms with E-state index in [2.05, 4.69) is 10.1 Å². The Morgan fingerprint density at radius 1 is 1.38 bits per heavy atom. The number of nitro groups is 1. The van der Waals surface area contributed by atoms with Crippen LogP contribution in [0, 0.1) is 16.0 Å². The zero-order valence-electron chi connectivity index (χ0n) is 11.8. The van der Waals surface area contributed by atoms with E-state index in [-0.39, 0.29) is 22.2 Å². The molecule has 1 atom stereocenters. The summed E-state index contributed by atoms with van der Waals surface area (Å²) >= 11 is 5.86. The van der Waals surface area contributed by atoms with E-state index < -0.39 is 22.8 Å². The van der Waals surface area contributed by atoms with Crippen molar-refractivity contribution >= 4 is 29.2 Å². The van der Waals surface area contributed by atoms with E-state index in [1.165, 1.54) is 19.2 Å². The van der Waals surface area contributed by atoms with Crippen molar-refractivity contribution < 1.29 is 19.2 Å². The molecule has 0 saturated carbocycles. The summed E-state index contributed by atoms with van der Waals surface area (Å²) in [5.74, 6) is -1.35. The van der Waals surface area contributed by atoms with E-state index in [1.807, 2.05) is 0 Å². The Balaban J connectivity index is 2.98. The number of non-ortho nitro benzene ring substituents is 1. The number of nitrogens with one attached hydrogen (secondary N) is 1. The monoisotopic (exact) mass is 314 g/mol. The van der Waals surface area contributed by atoms with E-state index in [1.54, 1.807) is 13.8 Å². The number of amides is 1. The number of carbonyl (C=O) groups is 2. The maximum Gasteiger partial charge on any atom is 0.328 e. The highest BCUT2D eigenvalue weighted by molar-refractivity contribution is 6.34. The van der Waals surface area contributed by atoms with Crippen LogP contribution in [0.3, 0.4) is 0 Å². The van der Waals surface area contributed by atoms with Gasteiger partial charge in [0.2, 0.25) is 0 Å². The van der Waals surface area contributed by atoms with Crippen molar-refractivity contribution in [2.45, 2.75) is 19.9 Å². The van der Waals surface area contributed by atoms with E-state index in [0.717, 1.165) is 6.07 Å². The molecule has 0 saturated heterocycles. The van der Waals surface area contributed by atoms with Crippen LogP contribution in [0.1, 0.15) is 24.2 Å². The molecule has 1 aromatic carbocycles. The van der Waals surface area contributed by atoms with Gasteiger partial charge in [0.25, 0.3) is 11.6 Å². The first-order valence-electron chi connectivity index (χ1n) is 6.10. The molecule has 0 unspecified atom stereocenters. The number of benzene rings is 1. The van der Waals surface area contributed by atoms with Gasteiger partial charge in [0.05, 0.1) is 22.6 Å². The Bertz CT molecular complexity index is 574. The number of nitrogens with zero attached hydrogens (tertiary/aromatic N) is 1. The van der Waals surface area contributed by atoms with Crippen LogP contribution in [-0.4, -0.2) is 30.0 Å². The zero-order valence-corrected chi connectivity index (χ0v) is 12.5. The molecule has 0 aliphatic rings. The van der Waals surface area contributed by atoms with Gasteiger partial charge < -0.3 is 10.1 Å². The minimum absolute atomic E-state index is 0.0526. The van der Waals surface area contributed by atoms with Crippen LogP contribution >= 0.6 is 11.6 Å². The second kappa shape index (κ2) is 7.03. The summed E-state index contributed by atoms with van der Waals surface area (Å²) < 4.78 is 4.62. The lowest BCUT2D eigenvalue weighted by atomic mass is 10.0. The number of ether oxygens (including phenoxy) is 1. The fraction of sp³-hybridized carbons (Fsp3) is 0.385. The predicted octanol–water partition coefficient (Wildman–Crippen LogP) is 2.18. The molecule has 0 spiro atoms. The third-order valence-corrected chi connectivity index (χ3v) is 3.13. The SMILES string of the molecule is COC(=O)[C@@H](NC(=O)c1ccc([N+](=O)[O-])cc1Cl)C(C)C. The van der Waals surface area contributed by atoms with Gasteiger partial charge in [-0.15, -0.1) is 0 Å². The number of rotatable bonds is 5. The van der Waals surface area contributed by atoms with Crippen LogP contribution in [0.2, 0.25) is 5.02 Å². The summed E-state index contributed by atoms with van der Waals surface area (Å²) in [5, 5.41) is 13.1. The van der Waals surface area contributed by atoms with Crippen LogP contribution in [0.15, 0.2) is 18.2 Å². The fourth-order valence-electron chi connectivity index (χ4n) is 1.65. The molecule has 0 bridgehead atoms. The van der Waals surface area contributed by atoms with Crippen LogP contribution < -0.4 is 5.32 Å². The molecule has 1 rings (SSSR count). The first-order chi connectivity index (χ1) is 9.77. The molecule has 1 aromatic rings. The lowest BCUT2D eigenvalue weighted by molar-refractivity contribution is -0.384. The predicted molar refractivity (Wildman–Crippen MR) is 76.2 cm³/mol. The average molecular weight is 315 g/mol. The number of esters is 1. The molecule has 7 nitrogen and oxygen atoms in total. The van der Waals surface area contributed by atoms with E-state index in [9.17, 15) is 19.7 Å². The highest BCUT2D eigenvalue weighted by atomic mass is 35.5. The number of nitro benzene ring substituents is 1.